The van der Waals surface area contributed by atoms with Crippen molar-refractivity contribution in [2.24, 2.45) is 4.99 Å². The van der Waals surface area contributed by atoms with Gasteiger partial charge in [0.05, 0.1) is 32.5 Å². The molecule has 1 aromatic heterocycles. The first kappa shape index (κ1) is 20.3. The zero-order chi connectivity index (χ0) is 22.8. The molecule has 0 atom stereocenters. The Morgan fingerprint density at radius 1 is 0.969 bits per heavy atom. The van der Waals surface area contributed by atoms with Crippen molar-refractivity contribution in [1.82, 2.24) is 9.55 Å². The molecule has 11 heteroatoms. The Labute approximate surface area is 179 Å². The number of aliphatic imine (C=N–C) groups is 1. The van der Waals surface area contributed by atoms with Crippen molar-refractivity contribution in [1.29, 1.82) is 0 Å². The monoisotopic (exact) mass is 431 g/mol. The SMILES string of the molecule is O=C(c1cc([N+](=O)[O-])cc([N+](=O)[O-])c1)n1c(/N=C/c2ccc(O)cc2)nc2ccccc21. The largest absolute Gasteiger partial charge is 0.508 e. The number of para-hydroxylation sites is 2. The summed E-state index contributed by atoms with van der Waals surface area (Å²) in [5.41, 5.74) is 0.0281. The molecule has 0 saturated heterocycles. The van der Waals surface area contributed by atoms with Crippen LogP contribution in [0.4, 0.5) is 17.3 Å². The van der Waals surface area contributed by atoms with E-state index in [1.54, 1.807) is 36.4 Å². The topological polar surface area (TPSA) is 154 Å². The molecule has 0 aliphatic heterocycles. The molecule has 0 aliphatic carbocycles. The maximum absolute atomic E-state index is 13.3. The van der Waals surface area contributed by atoms with E-state index in [-0.39, 0.29) is 17.3 Å². The number of carbonyl (C=O) groups excluding carboxylic acids is 1. The fourth-order valence-corrected chi connectivity index (χ4v) is 3.05. The molecule has 0 amide bonds. The zero-order valence-corrected chi connectivity index (χ0v) is 16.2. The van der Waals surface area contributed by atoms with Crippen LogP contribution in [-0.4, -0.2) is 36.6 Å². The summed E-state index contributed by atoms with van der Waals surface area (Å²) in [4.78, 5) is 42.7. The summed E-state index contributed by atoms with van der Waals surface area (Å²) in [6.45, 7) is 0. The Hall–Kier alpha value is -4.93. The van der Waals surface area contributed by atoms with E-state index < -0.39 is 27.1 Å². The number of carbonyl (C=O) groups is 1. The lowest BCUT2D eigenvalue weighted by Crippen LogP contribution is -2.12. The van der Waals surface area contributed by atoms with Gasteiger partial charge in [0.1, 0.15) is 5.75 Å². The van der Waals surface area contributed by atoms with Crippen LogP contribution >= 0.6 is 0 Å². The highest BCUT2D eigenvalue weighted by molar-refractivity contribution is 6.04. The minimum Gasteiger partial charge on any atom is -0.508 e. The summed E-state index contributed by atoms with van der Waals surface area (Å²) < 4.78 is 1.13. The van der Waals surface area contributed by atoms with Gasteiger partial charge >= 0.3 is 0 Å². The molecule has 1 N–H and O–H groups in total. The Morgan fingerprint density at radius 3 is 2.22 bits per heavy atom. The third-order valence-electron chi connectivity index (χ3n) is 4.54. The number of benzene rings is 3. The second-order valence-electron chi connectivity index (χ2n) is 6.64. The first-order valence-electron chi connectivity index (χ1n) is 9.12. The third-order valence-corrected chi connectivity index (χ3v) is 4.54. The van der Waals surface area contributed by atoms with Crippen LogP contribution in [0.2, 0.25) is 0 Å². The first-order valence-corrected chi connectivity index (χ1v) is 9.12. The van der Waals surface area contributed by atoms with Gasteiger partial charge in [-0.15, -0.1) is 0 Å². The van der Waals surface area contributed by atoms with E-state index in [1.165, 1.54) is 18.3 Å². The number of aromatic nitrogens is 2. The summed E-state index contributed by atoms with van der Waals surface area (Å²) in [6.07, 6.45) is 1.43. The maximum atomic E-state index is 13.3. The van der Waals surface area contributed by atoms with Gasteiger partial charge in [-0.2, -0.15) is 0 Å². The fourth-order valence-electron chi connectivity index (χ4n) is 3.05. The number of aromatic hydroxyl groups is 1. The average molecular weight is 431 g/mol. The normalized spacial score (nSPS) is 11.1. The fraction of sp³-hybridized carbons (Fsp3) is 0. The number of phenols is 1. The number of imidazole rings is 1. The van der Waals surface area contributed by atoms with Crippen LogP contribution < -0.4 is 0 Å². The quantitative estimate of drug-likeness (QED) is 0.284. The van der Waals surface area contributed by atoms with Gasteiger partial charge in [-0.25, -0.2) is 14.5 Å². The number of fused-ring (bicyclic) bond motifs is 1. The lowest BCUT2D eigenvalue weighted by Gasteiger charge is -2.06. The van der Waals surface area contributed by atoms with Gasteiger partial charge in [-0.05, 0) is 42.0 Å². The number of phenolic OH excluding ortho intramolecular Hbond substituents is 1. The molecule has 158 valence electrons. The van der Waals surface area contributed by atoms with Gasteiger partial charge in [0.25, 0.3) is 17.3 Å². The first-order chi connectivity index (χ1) is 15.3. The maximum Gasteiger partial charge on any atom is 0.277 e. The summed E-state index contributed by atoms with van der Waals surface area (Å²) in [5.74, 6) is -0.696. The van der Waals surface area contributed by atoms with Gasteiger partial charge in [0.15, 0.2) is 0 Å². The van der Waals surface area contributed by atoms with Crippen molar-refractivity contribution in [3.63, 3.8) is 0 Å². The van der Waals surface area contributed by atoms with E-state index in [4.69, 9.17) is 0 Å². The van der Waals surface area contributed by atoms with E-state index in [9.17, 15) is 30.1 Å². The second kappa shape index (κ2) is 8.07. The van der Waals surface area contributed by atoms with Crippen molar-refractivity contribution in [2.75, 3.05) is 0 Å². The Kier molecular flexibility index (Phi) is 5.13. The molecule has 0 spiro atoms. The molecule has 0 unspecified atom stereocenters. The third kappa shape index (κ3) is 3.89. The molecule has 0 saturated carbocycles. The van der Waals surface area contributed by atoms with Crippen LogP contribution in [0.3, 0.4) is 0 Å². The van der Waals surface area contributed by atoms with Crippen LogP contribution in [0.5, 0.6) is 5.75 Å². The molecule has 32 heavy (non-hydrogen) atoms. The molecule has 3 aromatic carbocycles. The number of nitrogens with zero attached hydrogens (tertiary/aromatic N) is 5. The van der Waals surface area contributed by atoms with E-state index in [0.717, 1.165) is 22.8 Å². The average Bonchev–Trinajstić information content (AvgIpc) is 3.16. The zero-order valence-electron chi connectivity index (χ0n) is 16.2. The van der Waals surface area contributed by atoms with Crippen LogP contribution in [0, 0.1) is 20.2 Å². The summed E-state index contributed by atoms with van der Waals surface area (Å²) in [5, 5.41) is 31.8. The number of hydrogen-bond acceptors (Lipinski definition) is 8. The van der Waals surface area contributed by atoms with Crippen molar-refractivity contribution in [3.8, 4) is 5.75 Å². The van der Waals surface area contributed by atoms with Crippen molar-refractivity contribution < 1.29 is 19.7 Å². The number of nitro groups is 2. The Balaban J connectivity index is 1.86. The highest BCUT2D eigenvalue weighted by Gasteiger charge is 2.24. The highest BCUT2D eigenvalue weighted by atomic mass is 16.6. The van der Waals surface area contributed by atoms with Crippen LogP contribution in [-0.2, 0) is 0 Å². The van der Waals surface area contributed by atoms with Gasteiger partial charge in [-0.1, -0.05) is 12.1 Å². The Bertz CT molecular complexity index is 1380. The van der Waals surface area contributed by atoms with Gasteiger partial charge in [-0.3, -0.25) is 25.0 Å². The van der Waals surface area contributed by atoms with Crippen LogP contribution in [0.1, 0.15) is 15.9 Å². The predicted octanol–water partition coefficient (Wildman–Crippen LogP) is 4.00. The summed E-state index contributed by atoms with van der Waals surface area (Å²) in [6, 6.07) is 15.6. The molecule has 11 nitrogen and oxygen atoms in total. The lowest BCUT2D eigenvalue weighted by molar-refractivity contribution is -0.394. The van der Waals surface area contributed by atoms with Crippen LogP contribution in [0.15, 0.2) is 71.7 Å². The minimum atomic E-state index is -0.806. The van der Waals surface area contributed by atoms with E-state index in [1.807, 2.05) is 0 Å². The molecule has 1 heterocycles. The molecule has 0 fully saturated rings. The Morgan fingerprint density at radius 2 is 1.59 bits per heavy atom. The molecular weight excluding hydrogens is 418 g/mol. The summed E-state index contributed by atoms with van der Waals surface area (Å²) in [7, 11) is 0. The number of nitro benzene ring substituents is 2. The summed E-state index contributed by atoms with van der Waals surface area (Å²) >= 11 is 0. The molecular formula is C21H13N5O6. The molecule has 4 aromatic rings. The minimum absolute atomic E-state index is 0.0153. The predicted molar refractivity (Wildman–Crippen MR) is 115 cm³/mol. The van der Waals surface area contributed by atoms with Crippen molar-refractivity contribution in [2.45, 2.75) is 0 Å². The number of rotatable bonds is 5. The van der Waals surface area contributed by atoms with Crippen molar-refractivity contribution in [3.05, 3.63) is 98.1 Å². The van der Waals surface area contributed by atoms with E-state index in [0.29, 0.717) is 16.6 Å². The van der Waals surface area contributed by atoms with Gasteiger partial charge in [0.2, 0.25) is 5.95 Å². The van der Waals surface area contributed by atoms with E-state index >= 15 is 0 Å². The van der Waals surface area contributed by atoms with Gasteiger partial charge in [0, 0.05) is 18.3 Å². The molecule has 4 rings (SSSR count). The van der Waals surface area contributed by atoms with Crippen LogP contribution in [0.25, 0.3) is 11.0 Å². The number of non-ortho nitro benzene ring substituents is 2. The second-order valence-corrected chi connectivity index (χ2v) is 6.64. The standard InChI is InChI=1S/C21H13N5O6/c27-17-7-5-13(6-8-17)12-22-21-23-18-3-1-2-4-19(18)24(21)20(28)14-9-15(25(29)30)11-16(10-14)26(31)32/h1-12,27H/b22-12+. The smallest absolute Gasteiger partial charge is 0.277 e. The lowest BCUT2D eigenvalue weighted by atomic mass is 10.1. The molecule has 0 bridgehead atoms. The van der Waals surface area contributed by atoms with Gasteiger partial charge < -0.3 is 5.11 Å². The number of hydrogen-bond donors (Lipinski definition) is 1. The molecule has 0 aliphatic rings. The highest BCUT2D eigenvalue weighted by Crippen LogP contribution is 2.27. The van der Waals surface area contributed by atoms with E-state index in [2.05, 4.69) is 9.98 Å². The molecule has 0 radical (unpaired) electrons. The van der Waals surface area contributed by atoms with Crippen molar-refractivity contribution >= 4 is 40.5 Å².